The van der Waals surface area contributed by atoms with Crippen LogP contribution < -0.4 is 10.6 Å². The second kappa shape index (κ2) is 8.46. The van der Waals surface area contributed by atoms with Crippen molar-refractivity contribution >= 4 is 18.0 Å². The van der Waals surface area contributed by atoms with Gasteiger partial charge in [-0.3, -0.25) is 9.69 Å². The maximum absolute atomic E-state index is 11.7. The van der Waals surface area contributed by atoms with Crippen LogP contribution in [-0.2, 0) is 9.59 Å². The highest BCUT2D eigenvalue weighted by Gasteiger charge is 2.24. The van der Waals surface area contributed by atoms with Gasteiger partial charge in [-0.15, -0.1) is 0 Å². The number of urea groups is 1. The van der Waals surface area contributed by atoms with Gasteiger partial charge in [0.05, 0.1) is 0 Å². The van der Waals surface area contributed by atoms with Crippen LogP contribution in [0.25, 0.3) is 0 Å². The van der Waals surface area contributed by atoms with Gasteiger partial charge in [0, 0.05) is 19.0 Å². The van der Waals surface area contributed by atoms with Crippen LogP contribution >= 0.6 is 0 Å². The summed E-state index contributed by atoms with van der Waals surface area (Å²) in [6.45, 7) is 4.46. The number of nitrogens with one attached hydrogen (secondary N) is 2. The van der Waals surface area contributed by atoms with Crippen molar-refractivity contribution in [1.82, 2.24) is 15.5 Å². The second-order valence-electron chi connectivity index (χ2n) is 5.10. The molecule has 4 N–H and O–H groups in total. The first kappa shape index (κ1) is 17.2. The zero-order chi connectivity index (χ0) is 15.8. The van der Waals surface area contributed by atoms with Crippen molar-refractivity contribution in [3.63, 3.8) is 0 Å². The zero-order valence-electron chi connectivity index (χ0n) is 12.2. The largest absolute Gasteiger partial charge is 0.481 e. The van der Waals surface area contributed by atoms with E-state index in [1.54, 1.807) is 0 Å². The number of hydrogen-bond donors (Lipinski definition) is 4. The van der Waals surface area contributed by atoms with Crippen molar-refractivity contribution in [3.8, 4) is 0 Å². The molecule has 21 heavy (non-hydrogen) atoms. The average molecular weight is 301 g/mol. The maximum Gasteiger partial charge on any atom is 0.326 e. The number of amides is 2. The minimum atomic E-state index is -1.23. The van der Waals surface area contributed by atoms with Gasteiger partial charge in [0.25, 0.3) is 0 Å². The van der Waals surface area contributed by atoms with Crippen molar-refractivity contribution in [2.45, 2.75) is 44.7 Å². The topological polar surface area (TPSA) is 119 Å². The number of hydrogen-bond acceptors (Lipinski definition) is 4. The molecule has 120 valence electrons. The summed E-state index contributed by atoms with van der Waals surface area (Å²) in [5.74, 6) is -2.32. The Morgan fingerprint density at radius 3 is 2.62 bits per heavy atom. The molecular weight excluding hydrogens is 278 g/mol. The first-order valence-corrected chi connectivity index (χ1v) is 7.17. The monoisotopic (exact) mass is 301 g/mol. The molecule has 0 aromatic carbocycles. The molecule has 8 nitrogen and oxygen atoms in total. The lowest BCUT2D eigenvalue weighted by Crippen LogP contribution is -2.49. The third kappa shape index (κ3) is 5.99. The SMILES string of the molecule is CCN1CCCC1CNC(=O)N[C@@H](CCC(=O)O)C(=O)O. The van der Waals surface area contributed by atoms with Crippen molar-refractivity contribution in [1.29, 1.82) is 0 Å². The zero-order valence-corrected chi connectivity index (χ0v) is 12.2. The molecule has 1 aliphatic rings. The van der Waals surface area contributed by atoms with E-state index in [4.69, 9.17) is 10.2 Å². The van der Waals surface area contributed by atoms with E-state index < -0.39 is 24.0 Å². The molecule has 1 unspecified atom stereocenters. The fraction of sp³-hybridized carbons (Fsp3) is 0.769. The number of likely N-dealkylation sites (N-methyl/N-ethyl adjacent to an activating group) is 1. The summed E-state index contributed by atoms with van der Waals surface area (Å²) in [7, 11) is 0. The number of carboxylic acid groups (broad SMARTS) is 2. The predicted octanol–water partition coefficient (Wildman–Crippen LogP) is 0.0879. The summed E-state index contributed by atoms with van der Waals surface area (Å²) in [5.41, 5.74) is 0. The molecule has 0 aromatic rings. The molecule has 1 rings (SSSR count). The number of likely N-dealkylation sites (tertiary alicyclic amines) is 1. The normalized spacial score (nSPS) is 20.0. The highest BCUT2D eigenvalue weighted by Crippen LogP contribution is 2.15. The van der Waals surface area contributed by atoms with E-state index >= 15 is 0 Å². The minimum Gasteiger partial charge on any atom is -0.481 e. The van der Waals surface area contributed by atoms with E-state index in [0.29, 0.717) is 6.54 Å². The summed E-state index contributed by atoms with van der Waals surface area (Å²) < 4.78 is 0. The van der Waals surface area contributed by atoms with Gasteiger partial charge in [-0.25, -0.2) is 9.59 Å². The average Bonchev–Trinajstić information content (AvgIpc) is 2.88. The minimum absolute atomic E-state index is 0.136. The van der Waals surface area contributed by atoms with Gasteiger partial charge in [-0.1, -0.05) is 6.92 Å². The molecule has 0 aromatic heterocycles. The third-order valence-electron chi connectivity index (χ3n) is 3.65. The second-order valence-corrected chi connectivity index (χ2v) is 5.10. The van der Waals surface area contributed by atoms with Crippen LogP contribution in [0.1, 0.15) is 32.6 Å². The number of carbonyl (C=O) groups excluding carboxylic acids is 1. The molecule has 1 saturated heterocycles. The molecule has 2 atom stereocenters. The molecule has 1 aliphatic heterocycles. The van der Waals surface area contributed by atoms with Crippen LogP contribution in [0.3, 0.4) is 0 Å². The molecule has 1 heterocycles. The Bertz CT molecular complexity index is 388. The Morgan fingerprint density at radius 1 is 1.33 bits per heavy atom. The standard InChI is InChI=1S/C13H23N3O5/c1-2-16-7-3-4-9(16)8-14-13(21)15-10(12(19)20)5-6-11(17)18/h9-10H,2-8H2,1H3,(H,17,18)(H,19,20)(H2,14,15,21)/t9?,10-/m0/s1. The first-order chi connectivity index (χ1) is 9.93. The van der Waals surface area contributed by atoms with Crippen molar-refractivity contribution < 1.29 is 24.6 Å². The number of aliphatic carboxylic acids is 2. The van der Waals surface area contributed by atoms with E-state index in [1.165, 1.54) is 0 Å². The van der Waals surface area contributed by atoms with Gasteiger partial charge in [-0.05, 0) is 32.4 Å². The maximum atomic E-state index is 11.7. The summed E-state index contributed by atoms with van der Waals surface area (Å²) in [5, 5.41) is 22.5. The van der Waals surface area contributed by atoms with Crippen molar-refractivity contribution in [3.05, 3.63) is 0 Å². The van der Waals surface area contributed by atoms with Crippen LogP contribution in [0.5, 0.6) is 0 Å². The van der Waals surface area contributed by atoms with E-state index in [9.17, 15) is 14.4 Å². The van der Waals surface area contributed by atoms with Crippen LogP contribution in [0.4, 0.5) is 4.79 Å². The quantitative estimate of drug-likeness (QED) is 0.504. The van der Waals surface area contributed by atoms with Gasteiger partial charge in [0.1, 0.15) is 6.04 Å². The fourth-order valence-corrected chi connectivity index (χ4v) is 2.49. The Hall–Kier alpha value is -1.83. The number of rotatable bonds is 8. The molecule has 8 heteroatoms. The third-order valence-corrected chi connectivity index (χ3v) is 3.65. The molecule has 0 aliphatic carbocycles. The molecule has 1 fully saturated rings. The number of carboxylic acids is 2. The summed E-state index contributed by atoms with van der Waals surface area (Å²) in [4.78, 5) is 35.4. The molecule has 2 amide bonds. The van der Waals surface area contributed by atoms with E-state index in [-0.39, 0.29) is 18.9 Å². The van der Waals surface area contributed by atoms with E-state index in [0.717, 1.165) is 25.9 Å². The Kier molecular flexibility index (Phi) is 6.93. The van der Waals surface area contributed by atoms with Gasteiger partial charge >= 0.3 is 18.0 Å². The highest BCUT2D eigenvalue weighted by molar-refractivity contribution is 5.83. The Labute approximate surface area is 123 Å². The van der Waals surface area contributed by atoms with Gasteiger partial charge in [0.2, 0.25) is 0 Å². The lowest BCUT2D eigenvalue weighted by Gasteiger charge is -2.23. The van der Waals surface area contributed by atoms with Crippen LogP contribution in [0.2, 0.25) is 0 Å². The molecule has 0 radical (unpaired) electrons. The molecule has 0 spiro atoms. The molecule has 0 bridgehead atoms. The van der Waals surface area contributed by atoms with Gasteiger partial charge in [-0.2, -0.15) is 0 Å². The first-order valence-electron chi connectivity index (χ1n) is 7.17. The van der Waals surface area contributed by atoms with Crippen LogP contribution in [-0.4, -0.2) is 64.8 Å². The number of carbonyl (C=O) groups is 3. The van der Waals surface area contributed by atoms with Crippen molar-refractivity contribution in [2.24, 2.45) is 0 Å². The van der Waals surface area contributed by atoms with Gasteiger partial charge in [0.15, 0.2) is 0 Å². The lowest BCUT2D eigenvalue weighted by atomic mass is 10.1. The Morgan fingerprint density at radius 2 is 2.05 bits per heavy atom. The predicted molar refractivity (Wildman–Crippen MR) is 75.1 cm³/mol. The van der Waals surface area contributed by atoms with Crippen LogP contribution in [0.15, 0.2) is 0 Å². The lowest BCUT2D eigenvalue weighted by molar-refractivity contribution is -0.140. The smallest absolute Gasteiger partial charge is 0.326 e. The summed E-state index contributed by atoms with van der Waals surface area (Å²) in [6, 6.07) is -1.48. The van der Waals surface area contributed by atoms with E-state index in [1.807, 2.05) is 0 Å². The summed E-state index contributed by atoms with van der Waals surface area (Å²) >= 11 is 0. The van der Waals surface area contributed by atoms with Crippen LogP contribution in [0, 0.1) is 0 Å². The Balaban J connectivity index is 2.36. The highest BCUT2D eigenvalue weighted by atomic mass is 16.4. The fourth-order valence-electron chi connectivity index (χ4n) is 2.49. The van der Waals surface area contributed by atoms with Gasteiger partial charge < -0.3 is 20.8 Å². The van der Waals surface area contributed by atoms with Crippen molar-refractivity contribution in [2.75, 3.05) is 19.6 Å². The van der Waals surface area contributed by atoms with E-state index in [2.05, 4.69) is 22.5 Å². The summed E-state index contributed by atoms with van der Waals surface area (Å²) in [6.07, 6.45) is 1.67. The molecular formula is C13H23N3O5. The number of nitrogens with zero attached hydrogens (tertiary/aromatic N) is 1. The molecule has 0 saturated carbocycles.